The first kappa shape index (κ1) is 13.0. The predicted molar refractivity (Wildman–Crippen MR) is 59.8 cm³/mol. The van der Waals surface area contributed by atoms with Crippen molar-refractivity contribution in [1.82, 2.24) is 5.32 Å². The van der Waals surface area contributed by atoms with Gasteiger partial charge in [0.05, 0.1) is 0 Å². The second-order valence-electron chi connectivity index (χ2n) is 3.47. The van der Waals surface area contributed by atoms with Gasteiger partial charge in [-0.05, 0) is 19.3 Å². The summed E-state index contributed by atoms with van der Waals surface area (Å²) < 4.78 is 0. The van der Waals surface area contributed by atoms with Gasteiger partial charge in [-0.3, -0.25) is 4.79 Å². The van der Waals surface area contributed by atoms with Crippen LogP contribution in [0.5, 0.6) is 0 Å². The zero-order chi connectivity index (χ0) is 10.6. The van der Waals surface area contributed by atoms with Gasteiger partial charge in [-0.25, -0.2) is 0 Å². The Balaban J connectivity index is 3.15. The number of carbonyl (C=O) groups excluding carboxylic acids is 1. The third-order valence-electron chi connectivity index (χ3n) is 2.08. The Morgan fingerprint density at radius 3 is 2.71 bits per heavy atom. The molecule has 0 aromatic heterocycles. The highest BCUT2D eigenvalue weighted by Gasteiger charge is 1.98. The molecule has 0 spiro atoms. The molecule has 0 bridgehead atoms. The van der Waals surface area contributed by atoms with Crippen LogP contribution < -0.4 is 5.32 Å². The van der Waals surface area contributed by atoms with Crippen LogP contribution in [0.4, 0.5) is 0 Å². The summed E-state index contributed by atoms with van der Waals surface area (Å²) in [5.41, 5.74) is 0. The molecule has 80 valence electrons. The maximum absolute atomic E-state index is 11.2. The van der Waals surface area contributed by atoms with Gasteiger partial charge in [-0.15, -0.1) is 12.3 Å². The van der Waals surface area contributed by atoms with Crippen LogP contribution in [0.25, 0.3) is 0 Å². The largest absolute Gasteiger partial charge is 0.356 e. The number of hydrogen-bond donors (Lipinski definition) is 1. The van der Waals surface area contributed by atoms with Crippen molar-refractivity contribution < 1.29 is 4.79 Å². The van der Waals surface area contributed by atoms with Crippen LogP contribution in [0.15, 0.2) is 0 Å². The molecule has 2 nitrogen and oxygen atoms in total. The second kappa shape index (κ2) is 10.1. The molecular formula is C12H21NO. The molecule has 0 aliphatic carbocycles. The summed E-state index contributed by atoms with van der Waals surface area (Å²) in [6.07, 6.45) is 11.9. The van der Waals surface area contributed by atoms with Gasteiger partial charge < -0.3 is 5.32 Å². The summed E-state index contributed by atoms with van der Waals surface area (Å²) in [6, 6.07) is 0. The zero-order valence-electron chi connectivity index (χ0n) is 9.14. The minimum absolute atomic E-state index is 0.180. The van der Waals surface area contributed by atoms with Gasteiger partial charge >= 0.3 is 0 Å². The van der Waals surface area contributed by atoms with Gasteiger partial charge in [0, 0.05) is 19.4 Å². The molecule has 1 amide bonds. The lowest BCUT2D eigenvalue weighted by Gasteiger charge is -2.03. The molecule has 0 heterocycles. The smallest absolute Gasteiger partial charge is 0.219 e. The van der Waals surface area contributed by atoms with Crippen molar-refractivity contribution in [2.45, 2.75) is 51.9 Å². The highest BCUT2D eigenvalue weighted by atomic mass is 16.1. The average Bonchev–Trinajstić information content (AvgIpc) is 2.18. The Morgan fingerprint density at radius 1 is 1.29 bits per heavy atom. The summed E-state index contributed by atoms with van der Waals surface area (Å²) in [7, 11) is 0. The van der Waals surface area contributed by atoms with Gasteiger partial charge in [-0.2, -0.15) is 0 Å². The zero-order valence-corrected chi connectivity index (χ0v) is 9.14. The third-order valence-corrected chi connectivity index (χ3v) is 2.08. The number of unbranched alkanes of at least 4 members (excludes halogenated alkanes) is 4. The van der Waals surface area contributed by atoms with Crippen LogP contribution in [0.3, 0.4) is 0 Å². The van der Waals surface area contributed by atoms with Gasteiger partial charge in [0.25, 0.3) is 0 Å². The molecule has 0 saturated heterocycles. The van der Waals surface area contributed by atoms with Crippen molar-refractivity contribution in [3.8, 4) is 12.3 Å². The lowest BCUT2D eigenvalue weighted by molar-refractivity contribution is -0.121. The Bertz CT molecular complexity index is 181. The Hall–Kier alpha value is -0.970. The van der Waals surface area contributed by atoms with Gasteiger partial charge in [0.1, 0.15) is 0 Å². The molecule has 14 heavy (non-hydrogen) atoms. The molecule has 0 aliphatic heterocycles. The molecule has 0 atom stereocenters. The summed E-state index contributed by atoms with van der Waals surface area (Å²) in [4.78, 5) is 11.2. The first-order valence-corrected chi connectivity index (χ1v) is 5.51. The van der Waals surface area contributed by atoms with Crippen LogP contribution >= 0.6 is 0 Å². The summed E-state index contributed by atoms with van der Waals surface area (Å²) in [5, 5.41) is 2.89. The molecule has 0 rings (SSSR count). The fourth-order valence-corrected chi connectivity index (χ4v) is 1.20. The standard InChI is InChI=1S/C12H21NO/c1-3-5-7-9-11-13-12(14)10-8-6-4-2/h1H,4-11H2,2H3,(H,13,14). The van der Waals surface area contributed by atoms with E-state index < -0.39 is 0 Å². The number of nitrogens with one attached hydrogen (secondary N) is 1. The summed E-state index contributed by atoms with van der Waals surface area (Å²) >= 11 is 0. The van der Waals surface area contributed by atoms with Crippen LogP contribution in [-0.2, 0) is 4.79 Å². The van der Waals surface area contributed by atoms with E-state index in [0.29, 0.717) is 6.42 Å². The molecule has 0 aromatic rings. The molecule has 0 fully saturated rings. The molecule has 0 aliphatic rings. The number of carbonyl (C=O) groups is 1. The maximum Gasteiger partial charge on any atom is 0.219 e. The Kier molecular flexibility index (Phi) is 9.41. The highest BCUT2D eigenvalue weighted by molar-refractivity contribution is 5.75. The van der Waals surface area contributed by atoms with Gasteiger partial charge in [-0.1, -0.05) is 19.8 Å². The van der Waals surface area contributed by atoms with E-state index in [4.69, 9.17) is 6.42 Å². The number of hydrogen-bond acceptors (Lipinski definition) is 1. The van der Waals surface area contributed by atoms with Crippen molar-refractivity contribution in [2.75, 3.05) is 6.54 Å². The Labute approximate surface area is 87.5 Å². The molecule has 0 saturated carbocycles. The predicted octanol–water partition coefficient (Wildman–Crippen LogP) is 2.49. The van der Waals surface area contributed by atoms with Crippen molar-refractivity contribution in [3.63, 3.8) is 0 Å². The molecule has 0 unspecified atom stereocenters. The van der Waals surface area contributed by atoms with Gasteiger partial charge in [0.15, 0.2) is 0 Å². The van der Waals surface area contributed by atoms with E-state index in [2.05, 4.69) is 18.2 Å². The van der Waals surface area contributed by atoms with E-state index in [1.165, 1.54) is 0 Å². The van der Waals surface area contributed by atoms with E-state index >= 15 is 0 Å². The number of terminal acetylenes is 1. The summed E-state index contributed by atoms with van der Waals surface area (Å²) in [5.74, 6) is 2.76. The van der Waals surface area contributed by atoms with Crippen molar-refractivity contribution in [1.29, 1.82) is 0 Å². The normalized spacial score (nSPS) is 9.43. The molecule has 1 N–H and O–H groups in total. The van der Waals surface area contributed by atoms with Gasteiger partial charge in [0.2, 0.25) is 5.91 Å². The molecule has 2 heteroatoms. The molecule has 0 radical (unpaired) electrons. The van der Waals surface area contributed by atoms with E-state index in [0.717, 1.165) is 45.1 Å². The second-order valence-corrected chi connectivity index (χ2v) is 3.47. The van der Waals surface area contributed by atoms with E-state index in [1.807, 2.05) is 0 Å². The van der Waals surface area contributed by atoms with Crippen LogP contribution in [0, 0.1) is 12.3 Å². The minimum atomic E-state index is 0.180. The minimum Gasteiger partial charge on any atom is -0.356 e. The first-order chi connectivity index (χ1) is 6.81. The molecule has 0 aromatic carbocycles. The van der Waals surface area contributed by atoms with Crippen LogP contribution in [0.1, 0.15) is 51.9 Å². The molecular weight excluding hydrogens is 174 g/mol. The maximum atomic E-state index is 11.2. The van der Waals surface area contributed by atoms with E-state index in [9.17, 15) is 4.79 Å². The van der Waals surface area contributed by atoms with Crippen LogP contribution in [-0.4, -0.2) is 12.5 Å². The topological polar surface area (TPSA) is 29.1 Å². The van der Waals surface area contributed by atoms with Crippen LogP contribution in [0.2, 0.25) is 0 Å². The summed E-state index contributed by atoms with van der Waals surface area (Å²) in [6.45, 7) is 2.91. The third kappa shape index (κ3) is 9.12. The lowest BCUT2D eigenvalue weighted by Crippen LogP contribution is -2.23. The van der Waals surface area contributed by atoms with Crippen molar-refractivity contribution in [2.24, 2.45) is 0 Å². The number of rotatable bonds is 8. The monoisotopic (exact) mass is 195 g/mol. The van der Waals surface area contributed by atoms with E-state index in [-0.39, 0.29) is 5.91 Å². The lowest BCUT2D eigenvalue weighted by atomic mass is 10.2. The fourth-order valence-electron chi connectivity index (χ4n) is 1.20. The van der Waals surface area contributed by atoms with Crippen molar-refractivity contribution in [3.05, 3.63) is 0 Å². The van der Waals surface area contributed by atoms with E-state index in [1.54, 1.807) is 0 Å². The average molecular weight is 195 g/mol. The van der Waals surface area contributed by atoms with Crippen molar-refractivity contribution >= 4 is 5.91 Å². The SMILES string of the molecule is C#CCCCCNC(=O)CCCCC. The fraction of sp³-hybridized carbons (Fsp3) is 0.750. The number of amides is 1. The first-order valence-electron chi connectivity index (χ1n) is 5.51. The quantitative estimate of drug-likeness (QED) is 0.468. The highest BCUT2D eigenvalue weighted by Crippen LogP contribution is 1.98. The Morgan fingerprint density at radius 2 is 2.07 bits per heavy atom.